The lowest BCUT2D eigenvalue weighted by molar-refractivity contribution is -0.115. The summed E-state index contributed by atoms with van der Waals surface area (Å²) in [6, 6.07) is 10.3. The Morgan fingerprint density at radius 1 is 1.00 bits per heavy atom. The Labute approximate surface area is 161 Å². The second kappa shape index (κ2) is 8.04. The molecule has 7 nitrogen and oxygen atoms in total. The molecule has 7 heteroatoms. The Balaban J connectivity index is 1.86. The summed E-state index contributed by atoms with van der Waals surface area (Å²) in [7, 11) is 4.59. The zero-order valence-corrected chi connectivity index (χ0v) is 16.1. The summed E-state index contributed by atoms with van der Waals surface area (Å²) in [5.74, 6) is 1.31. The maximum absolute atomic E-state index is 12.5. The van der Waals surface area contributed by atoms with Crippen LogP contribution in [0.5, 0.6) is 17.2 Å². The Morgan fingerprint density at radius 3 is 2.43 bits per heavy atom. The van der Waals surface area contributed by atoms with E-state index in [0.717, 1.165) is 5.39 Å². The minimum atomic E-state index is -0.541. The van der Waals surface area contributed by atoms with Crippen LogP contribution < -0.4 is 25.2 Å². The topological polar surface area (TPSA) is 87.0 Å². The van der Waals surface area contributed by atoms with Crippen molar-refractivity contribution in [3.8, 4) is 17.2 Å². The van der Waals surface area contributed by atoms with E-state index in [2.05, 4.69) is 5.32 Å². The van der Waals surface area contributed by atoms with Crippen LogP contribution in [0.2, 0.25) is 0 Å². The van der Waals surface area contributed by atoms with Gasteiger partial charge < -0.3 is 23.9 Å². The molecule has 0 unspecified atom stereocenters. The zero-order valence-electron chi connectivity index (χ0n) is 16.1. The molecule has 3 aromatic rings. The predicted molar refractivity (Wildman–Crippen MR) is 106 cm³/mol. The van der Waals surface area contributed by atoms with Crippen molar-refractivity contribution < 1.29 is 23.4 Å². The molecule has 0 bridgehead atoms. The van der Waals surface area contributed by atoms with E-state index < -0.39 is 5.63 Å². The van der Waals surface area contributed by atoms with Crippen LogP contribution in [-0.2, 0) is 11.2 Å². The van der Waals surface area contributed by atoms with Crippen molar-refractivity contribution in [2.45, 2.75) is 13.3 Å². The minimum absolute atomic E-state index is 0.107. The molecule has 2 aromatic carbocycles. The van der Waals surface area contributed by atoms with E-state index >= 15 is 0 Å². The van der Waals surface area contributed by atoms with Crippen molar-refractivity contribution in [1.29, 1.82) is 0 Å². The summed E-state index contributed by atoms with van der Waals surface area (Å²) in [4.78, 5) is 24.9. The number of nitrogens with one attached hydrogen (secondary N) is 1. The van der Waals surface area contributed by atoms with Crippen molar-refractivity contribution in [3.63, 3.8) is 0 Å². The van der Waals surface area contributed by atoms with Crippen molar-refractivity contribution in [3.05, 3.63) is 57.9 Å². The molecule has 3 rings (SSSR count). The fraction of sp³-hybridized carbons (Fsp3) is 0.238. The average molecular weight is 383 g/mol. The van der Waals surface area contributed by atoms with Gasteiger partial charge in [0.25, 0.3) is 0 Å². The first kappa shape index (κ1) is 19.3. The number of anilines is 1. The third-order valence-electron chi connectivity index (χ3n) is 4.50. The lowest BCUT2D eigenvalue weighted by atomic mass is 10.0. The lowest BCUT2D eigenvalue weighted by Crippen LogP contribution is -2.20. The first-order chi connectivity index (χ1) is 13.5. The largest absolute Gasteiger partial charge is 0.497 e. The van der Waals surface area contributed by atoms with Crippen LogP contribution in [0.15, 0.2) is 45.6 Å². The number of carbonyl (C=O) groups is 1. The normalized spacial score (nSPS) is 10.6. The molecule has 0 saturated heterocycles. The Kier molecular flexibility index (Phi) is 5.54. The number of fused-ring (bicyclic) bond motifs is 1. The maximum Gasteiger partial charge on any atom is 0.340 e. The van der Waals surface area contributed by atoms with Gasteiger partial charge in [0.1, 0.15) is 11.3 Å². The molecule has 0 aliphatic heterocycles. The van der Waals surface area contributed by atoms with Gasteiger partial charge in [0.2, 0.25) is 5.91 Å². The first-order valence-electron chi connectivity index (χ1n) is 8.59. The van der Waals surface area contributed by atoms with Gasteiger partial charge >= 0.3 is 5.63 Å². The third kappa shape index (κ3) is 3.78. The quantitative estimate of drug-likeness (QED) is 0.657. The molecule has 0 spiro atoms. The van der Waals surface area contributed by atoms with E-state index in [1.165, 1.54) is 14.2 Å². The molecule has 0 radical (unpaired) electrons. The highest BCUT2D eigenvalue weighted by Crippen LogP contribution is 2.30. The van der Waals surface area contributed by atoms with Crippen LogP contribution in [0.25, 0.3) is 11.0 Å². The van der Waals surface area contributed by atoms with Crippen LogP contribution in [0, 0.1) is 6.92 Å². The second-order valence-corrected chi connectivity index (χ2v) is 6.15. The van der Waals surface area contributed by atoms with E-state index in [4.69, 9.17) is 18.6 Å². The first-order valence-corrected chi connectivity index (χ1v) is 8.59. The Bertz CT molecular complexity index is 1090. The minimum Gasteiger partial charge on any atom is -0.497 e. The molecule has 28 heavy (non-hydrogen) atoms. The summed E-state index contributed by atoms with van der Waals surface area (Å²) in [5.41, 5.74) is 1.44. The lowest BCUT2D eigenvalue weighted by Gasteiger charge is -2.11. The third-order valence-corrected chi connectivity index (χ3v) is 4.50. The summed E-state index contributed by atoms with van der Waals surface area (Å²) in [6.45, 7) is 1.80. The van der Waals surface area contributed by atoms with Gasteiger partial charge in [0.15, 0.2) is 11.5 Å². The fourth-order valence-electron chi connectivity index (χ4n) is 2.99. The number of hydrogen-bond donors (Lipinski definition) is 1. The number of rotatable bonds is 6. The van der Waals surface area contributed by atoms with E-state index in [1.807, 2.05) is 6.07 Å². The number of benzene rings is 2. The molecule has 0 saturated carbocycles. The SMILES string of the molecule is COc1ccc2c(C)c(CC(=O)Nc3ccc(OC)c(OC)c3)c(=O)oc2c1. The molecule has 0 aliphatic carbocycles. The zero-order chi connectivity index (χ0) is 20.3. The monoisotopic (exact) mass is 383 g/mol. The summed E-state index contributed by atoms with van der Waals surface area (Å²) in [5, 5.41) is 3.52. The number of ether oxygens (including phenoxy) is 3. The van der Waals surface area contributed by atoms with E-state index in [0.29, 0.717) is 39.6 Å². The Morgan fingerprint density at radius 2 is 1.75 bits per heavy atom. The average Bonchev–Trinajstić information content (AvgIpc) is 2.70. The van der Waals surface area contributed by atoms with Crippen LogP contribution >= 0.6 is 0 Å². The fourth-order valence-corrected chi connectivity index (χ4v) is 2.99. The Hall–Kier alpha value is -3.48. The second-order valence-electron chi connectivity index (χ2n) is 6.15. The maximum atomic E-state index is 12.5. The van der Waals surface area contributed by atoms with E-state index in [1.54, 1.807) is 44.4 Å². The molecule has 0 atom stereocenters. The van der Waals surface area contributed by atoms with Gasteiger partial charge in [-0.15, -0.1) is 0 Å². The number of carbonyl (C=O) groups excluding carboxylic acids is 1. The summed E-state index contributed by atoms with van der Waals surface area (Å²) >= 11 is 0. The molecular formula is C21H21NO6. The van der Waals surface area contributed by atoms with Crippen LogP contribution in [0.3, 0.4) is 0 Å². The van der Waals surface area contributed by atoms with Gasteiger partial charge in [-0.3, -0.25) is 4.79 Å². The van der Waals surface area contributed by atoms with E-state index in [9.17, 15) is 9.59 Å². The van der Waals surface area contributed by atoms with E-state index in [-0.39, 0.29) is 12.3 Å². The van der Waals surface area contributed by atoms with Crippen molar-refractivity contribution in [1.82, 2.24) is 0 Å². The summed E-state index contributed by atoms with van der Waals surface area (Å²) < 4.78 is 20.9. The van der Waals surface area contributed by atoms with Gasteiger partial charge in [-0.2, -0.15) is 0 Å². The highest BCUT2D eigenvalue weighted by Gasteiger charge is 2.16. The molecule has 1 N–H and O–H groups in total. The van der Waals surface area contributed by atoms with Crippen LogP contribution in [0.1, 0.15) is 11.1 Å². The molecule has 1 aromatic heterocycles. The van der Waals surface area contributed by atoms with Crippen molar-refractivity contribution in [2.75, 3.05) is 26.6 Å². The molecule has 1 amide bonds. The number of amides is 1. The molecule has 1 heterocycles. The number of hydrogen-bond acceptors (Lipinski definition) is 6. The summed E-state index contributed by atoms with van der Waals surface area (Å²) in [6.07, 6.45) is -0.107. The van der Waals surface area contributed by atoms with Gasteiger partial charge in [0, 0.05) is 23.2 Å². The number of methoxy groups -OCH3 is 3. The molecule has 0 fully saturated rings. The number of aryl methyl sites for hydroxylation is 1. The highest BCUT2D eigenvalue weighted by molar-refractivity contribution is 5.93. The standard InChI is InChI=1S/C21H21NO6/c1-12-15-7-6-14(25-2)10-18(15)28-21(24)16(12)11-20(23)22-13-5-8-17(26-3)19(9-13)27-4/h5-10H,11H2,1-4H3,(H,22,23). The van der Waals surface area contributed by atoms with Gasteiger partial charge in [0.05, 0.1) is 33.3 Å². The van der Waals surface area contributed by atoms with Gasteiger partial charge in [-0.1, -0.05) is 0 Å². The highest BCUT2D eigenvalue weighted by atomic mass is 16.5. The van der Waals surface area contributed by atoms with Gasteiger partial charge in [-0.25, -0.2) is 4.79 Å². The van der Waals surface area contributed by atoms with Crippen molar-refractivity contribution >= 4 is 22.6 Å². The smallest absolute Gasteiger partial charge is 0.340 e. The van der Waals surface area contributed by atoms with Crippen LogP contribution in [0.4, 0.5) is 5.69 Å². The molecular weight excluding hydrogens is 362 g/mol. The molecule has 146 valence electrons. The van der Waals surface area contributed by atoms with Crippen molar-refractivity contribution in [2.24, 2.45) is 0 Å². The van der Waals surface area contributed by atoms with Gasteiger partial charge in [-0.05, 0) is 36.8 Å². The molecule has 0 aliphatic rings. The van der Waals surface area contributed by atoms with Crippen LogP contribution in [-0.4, -0.2) is 27.2 Å². The predicted octanol–water partition coefficient (Wildman–Crippen LogP) is 3.31.